The Labute approximate surface area is 356 Å². The molecule has 2 atom stereocenters. The van der Waals surface area contributed by atoms with Crippen molar-refractivity contribution >= 4 is 35.7 Å². The van der Waals surface area contributed by atoms with Crippen LogP contribution in [0.15, 0.2) is 131 Å². The molecule has 0 saturated carbocycles. The Balaban J connectivity index is 1.02. The molecule has 0 aliphatic heterocycles. The molecule has 0 aliphatic carbocycles. The fraction of sp³-hybridized carbons (Fsp3) is 0.346. The summed E-state index contributed by atoms with van der Waals surface area (Å²) in [6.07, 6.45) is 15.5. The average Bonchev–Trinajstić information content (AvgIpc) is 3.28. The topological polar surface area (TPSA) is 95.8 Å². The first kappa shape index (κ1) is 45.1. The number of aliphatic imine (C=N–C) groups is 2. The molecule has 0 heterocycles. The van der Waals surface area contributed by atoms with Crippen molar-refractivity contribution in [3.63, 3.8) is 0 Å². The van der Waals surface area contributed by atoms with E-state index in [0.29, 0.717) is 11.1 Å². The van der Waals surface area contributed by atoms with Crippen molar-refractivity contribution in [3.05, 3.63) is 144 Å². The molecular formula is C52H60N2O6. The highest BCUT2D eigenvalue weighted by Crippen LogP contribution is 2.24. The van der Waals surface area contributed by atoms with Gasteiger partial charge in [0.25, 0.3) is 0 Å². The molecule has 0 aliphatic rings. The first-order chi connectivity index (χ1) is 29.3. The highest BCUT2D eigenvalue weighted by molar-refractivity contribution is 5.93. The van der Waals surface area contributed by atoms with Gasteiger partial charge in [0, 0.05) is 18.5 Å². The molecule has 0 aromatic heterocycles. The third-order valence-corrected chi connectivity index (χ3v) is 10.5. The molecule has 8 heteroatoms. The van der Waals surface area contributed by atoms with Crippen molar-refractivity contribution < 1.29 is 28.5 Å². The zero-order valence-electron chi connectivity index (χ0n) is 35.7. The van der Waals surface area contributed by atoms with Gasteiger partial charge in [-0.3, -0.25) is 9.98 Å². The maximum Gasteiger partial charge on any atom is 0.343 e. The van der Waals surface area contributed by atoms with E-state index in [1.807, 2.05) is 48.5 Å². The second-order valence-corrected chi connectivity index (χ2v) is 15.4. The van der Waals surface area contributed by atoms with E-state index in [-0.39, 0.29) is 11.5 Å². The third-order valence-electron chi connectivity index (χ3n) is 10.5. The van der Waals surface area contributed by atoms with Gasteiger partial charge in [0.2, 0.25) is 0 Å². The van der Waals surface area contributed by atoms with E-state index in [9.17, 15) is 9.59 Å². The fourth-order valence-corrected chi connectivity index (χ4v) is 6.23. The Bertz CT molecular complexity index is 1940. The smallest absolute Gasteiger partial charge is 0.343 e. The molecule has 314 valence electrons. The van der Waals surface area contributed by atoms with Crippen LogP contribution in [0.25, 0.3) is 0 Å². The molecule has 0 N–H and O–H groups in total. The van der Waals surface area contributed by atoms with Crippen molar-refractivity contribution in [1.29, 1.82) is 0 Å². The Kier molecular flexibility index (Phi) is 18.6. The van der Waals surface area contributed by atoms with Gasteiger partial charge in [0.1, 0.15) is 23.0 Å². The number of esters is 2. The van der Waals surface area contributed by atoms with Crippen LogP contribution in [0.5, 0.6) is 23.0 Å². The summed E-state index contributed by atoms with van der Waals surface area (Å²) in [5.41, 5.74) is 4.03. The van der Waals surface area contributed by atoms with Crippen LogP contribution in [0.4, 0.5) is 11.4 Å². The maximum atomic E-state index is 12.9. The summed E-state index contributed by atoms with van der Waals surface area (Å²) in [5, 5.41) is 0. The van der Waals surface area contributed by atoms with Crippen LogP contribution in [0.1, 0.15) is 124 Å². The number of hydrogen-bond donors (Lipinski definition) is 0. The SMILES string of the molecule is CC[C@H](C)CCCCCOc1ccc(N=Cc2ccc(C(=O)Oc3cccc(OC(=O)c4ccc(C=Nc5ccc(OCCCCC[C@@H](C)CC)cc5)cc4)c3)cc2)cc1. The van der Waals surface area contributed by atoms with Crippen molar-refractivity contribution in [2.75, 3.05) is 13.2 Å². The lowest BCUT2D eigenvalue weighted by atomic mass is 10.0. The maximum absolute atomic E-state index is 12.9. The van der Waals surface area contributed by atoms with Crippen LogP contribution in [-0.2, 0) is 0 Å². The van der Waals surface area contributed by atoms with Gasteiger partial charge in [-0.25, -0.2) is 9.59 Å². The number of nitrogens with zero attached hydrogens (tertiary/aromatic N) is 2. The molecule has 5 aromatic carbocycles. The van der Waals surface area contributed by atoms with E-state index < -0.39 is 11.9 Å². The number of benzene rings is 5. The zero-order valence-corrected chi connectivity index (χ0v) is 35.7. The zero-order chi connectivity index (χ0) is 42.4. The predicted molar refractivity (Wildman–Crippen MR) is 243 cm³/mol. The molecule has 0 fully saturated rings. The standard InChI is InChI=1S/C52H60N2O6/c1-5-39(3)14-9-7-11-34-57-47-30-26-45(27-31-47)53-37-41-18-22-43(23-19-41)51(55)59-49-16-13-17-50(36-49)60-52(56)44-24-20-42(21-25-44)38-54-46-28-32-48(33-29-46)58-35-12-8-10-15-40(4)6-2/h13,16-33,36-40H,5-12,14-15,34-35H2,1-4H3/t39-,40-/m0/s1. The summed E-state index contributed by atoms with van der Waals surface area (Å²) in [7, 11) is 0. The molecule has 5 rings (SSSR count). The molecule has 0 bridgehead atoms. The highest BCUT2D eigenvalue weighted by atomic mass is 16.5. The minimum Gasteiger partial charge on any atom is -0.494 e. The Morgan fingerprint density at radius 2 is 0.900 bits per heavy atom. The minimum atomic E-state index is -0.534. The second kappa shape index (κ2) is 24.8. The van der Waals surface area contributed by atoms with Crippen LogP contribution < -0.4 is 18.9 Å². The Hall–Kier alpha value is -6.02. The second-order valence-electron chi connectivity index (χ2n) is 15.4. The van der Waals surface area contributed by atoms with Gasteiger partial charge in [0.15, 0.2) is 0 Å². The van der Waals surface area contributed by atoms with Gasteiger partial charge in [-0.2, -0.15) is 0 Å². The van der Waals surface area contributed by atoms with Gasteiger partial charge in [-0.15, -0.1) is 0 Å². The van der Waals surface area contributed by atoms with E-state index in [1.165, 1.54) is 57.4 Å². The van der Waals surface area contributed by atoms with Gasteiger partial charge in [-0.05, 0) is 121 Å². The minimum absolute atomic E-state index is 0.253. The van der Waals surface area contributed by atoms with Crippen LogP contribution in [0.3, 0.4) is 0 Å². The van der Waals surface area contributed by atoms with Crippen molar-refractivity contribution in [3.8, 4) is 23.0 Å². The molecular weight excluding hydrogens is 749 g/mol. The number of ether oxygens (including phenoxy) is 4. The highest BCUT2D eigenvalue weighted by Gasteiger charge is 2.12. The van der Waals surface area contributed by atoms with Crippen LogP contribution in [-0.4, -0.2) is 37.6 Å². The summed E-state index contributed by atoms with van der Waals surface area (Å²) >= 11 is 0. The molecule has 5 aromatic rings. The molecule has 0 unspecified atom stereocenters. The summed E-state index contributed by atoms with van der Waals surface area (Å²) < 4.78 is 23.0. The van der Waals surface area contributed by atoms with Crippen molar-refractivity contribution in [2.24, 2.45) is 21.8 Å². The summed E-state index contributed by atoms with van der Waals surface area (Å²) in [6, 6.07) is 35.8. The lowest BCUT2D eigenvalue weighted by Gasteiger charge is -2.09. The van der Waals surface area contributed by atoms with Crippen LogP contribution in [0, 0.1) is 11.8 Å². The number of carbonyl (C=O) groups excluding carboxylic acids is 2. The van der Waals surface area contributed by atoms with E-state index in [4.69, 9.17) is 18.9 Å². The molecule has 60 heavy (non-hydrogen) atoms. The number of unbranched alkanes of at least 4 members (excludes halogenated alkanes) is 4. The largest absolute Gasteiger partial charge is 0.494 e. The quantitative estimate of drug-likeness (QED) is 0.0267. The molecule has 0 spiro atoms. The van der Waals surface area contributed by atoms with Gasteiger partial charge < -0.3 is 18.9 Å². The number of hydrogen-bond acceptors (Lipinski definition) is 8. The molecule has 0 radical (unpaired) electrons. The molecule has 8 nitrogen and oxygen atoms in total. The van der Waals surface area contributed by atoms with Crippen LogP contribution >= 0.6 is 0 Å². The van der Waals surface area contributed by atoms with E-state index in [0.717, 1.165) is 71.9 Å². The first-order valence-corrected chi connectivity index (χ1v) is 21.6. The monoisotopic (exact) mass is 808 g/mol. The van der Waals surface area contributed by atoms with E-state index in [2.05, 4.69) is 37.7 Å². The fourth-order valence-electron chi connectivity index (χ4n) is 6.23. The van der Waals surface area contributed by atoms with E-state index in [1.54, 1.807) is 79.2 Å². The van der Waals surface area contributed by atoms with Crippen molar-refractivity contribution in [2.45, 2.75) is 91.9 Å². The van der Waals surface area contributed by atoms with Crippen molar-refractivity contribution in [1.82, 2.24) is 0 Å². The predicted octanol–water partition coefficient (Wildman–Crippen LogP) is 13.6. The lowest BCUT2D eigenvalue weighted by Crippen LogP contribution is -2.10. The van der Waals surface area contributed by atoms with E-state index >= 15 is 0 Å². The van der Waals surface area contributed by atoms with Gasteiger partial charge in [0.05, 0.1) is 35.7 Å². The third kappa shape index (κ3) is 16.0. The summed E-state index contributed by atoms with van der Waals surface area (Å²) in [4.78, 5) is 35.0. The normalized spacial score (nSPS) is 12.3. The van der Waals surface area contributed by atoms with Crippen LogP contribution in [0.2, 0.25) is 0 Å². The number of rotatable bonds is 24. The number of carbonyl (C=O) groups is 2. The summed E-state index contributed by atoms with van der Waals surface area (Å²) in [6.45, 7) is 10.6. The molecule has 0 saturated heterocycles. The molecule has 0 amide bonds. The Morgan fingerprint density at radius 3 is 1.28 bits per heavy atom. The Morgan fingerprint density at radius 1 is 0.500 bits per heavy atom. The van der Waals surface area contributed by atoms with Gasteiger partial charge in [-0.1, -0.05) is 109 Å². The van der Waals surface area contributed by atoms with Gasteiger partial charge >= 0.3 is 11.9 Å². The average molecular weight is 809 g/mol. The summed E-state index contributed by atoms with van der Waals surface area (Å²) in [5.74, 6) is 2.72. The first-order valence-electron chi connectivity index (χ1n) is 21.6. The lowest BCUT2D eigenvalue weighted by molar-refractivity contribution is 0.0732.